The maximum absolute atomic E-state index is 13.7. The van der Waals surface area contributed by atoms with Gasteiger partial charge in [0.05, 0.1) is 27.5 Å². The third kappa shape index (κ3) is 7.20. The van der Waals surface area contributed by atoms with E-state index in [0.29, 0.717) is 35.3 Å². The van der Waals surface area contributed by atoms with Crippen LogP contribution < -0.4 is 15.5 Å². The second-order valence-corrected chi connectivity index (χ2v) is 11.9. The molecule has 4 rings (SSSR count). The average molecular weight is 583 g/mol. The molecule has 218 valence electrons. The van der Waals surface area contributed by atoms with Crippen molar-refractivity contribution in [1.82, 2.24) is 15.1 Å². The Balaban J connectivity index is 1.61. The van der Waals surface area contributed by atoms with Gasteiger partial charge >= 0.3 is 0 Å². The highest BCUT2D eigenvalue weighted by atomic mass is 32.2. The number of aromatic amines is 1. The number of carbonyl (C=O) groups excluding carboxylic acids is 1. The number of halogens is 1. The van der Waals surface area contributed by atoms with Gasteiger partial charge in [0.1, 0.15) is 5.82 Å². The summed E-state index contributed by atoms with van der Waals surface area (Å²) in [6.45, 7) is 2.77. The van der Waals surface area contributed by atoms with Crippen molar-refractivity contribution < 1.29 is 22.3 Å². The summed E-state index contributed by atoms with van der Waals surface area (Å²) in [6.07, 6.45) is 0.987. The fourth-order valence-corrected chi connectivity index (χ4v) is 5.67. The van der Waals surface area contributed by atoms with Gasteiger partial charge in [-0.05, 0) is 81.7 Å². The van der Waals surface area contributed by atoms with Crippen LogP contribution in [0, 0.1) is 5.82 Å². The molecule has 0 saturated heterocycles. The smallest absolute Gasteiger partial charge is 0.258 e. The molecule has 1 heterocycles. The number of methoxy groups -OCH3 is 1. The van der Waals surface area contributed by atoms with Crippen molar-refractivity contribution in [1.29, 1.82) is 0 Å². The molecule has 0 atom stereocenters. The van der Waals surface area contributed by atoms with Crippen LogP contribution in [0.3, 0.4) is 0 Å². The van der Waals surface area contributed by atoms with E-state index < -0.39 is 21.6 Å². The molecule has 0 saturated carbocycles. The molecular formula is C29H35FN6O4S. The van der Waals surface area contributed by atoms with Gasteiger partial charge in [0.25, 0.3) is 5.91 Å². The molecule has 0 aliphatic rings. The van der Waals surface area contributed by atoms with E-state index in [1.165, 1.54) is 30.3 Å². The Hall–Kier alpha value is -4.00. The summed E-state index contributed by atoms with van der Waals surface area (Å²) in [5, 5.41) is 13.5. The van der Waals surface area contributed by atoms with E-state index in [4.69, 9.17) is 4.74 Å². The number of H-pyrrole nitrogens is 1. The number of nitrogens with one attached hydrogen (secondary N) is 3. The number of fused-ring (bicyclic) bond motifs is 1. The zero-order valence-corrected chi connectivity index (χ0v) is 24.4. The number of aromatic nitrogens is 2. The van der Waals surface area contributed by atoms with E-state index in [1.54, 1.807) is 19.2 Å². The summed E-state index contributed by atoms with van der Waals surface area (Å²) in [6, 6.07) is 14.8. The van der Waals surface area contributed by atoms with Crippen LogP contribution in [0.5, 0.6) is 0 Å². The topological polar surface area (TPSA) is 120 Å². The summed E-state index contributed by atoms with van der Waals surface area (Å²) in [5.41, 5.74) is 2.52. The summed E-state index contributed by atoms with van der Waals surface area (Å²) < 4.78 is 45.2. The number of carbonyl (C=O) groups is 1. The molecular weight excluding hydrogens is 547 g/mol. The lowest BCUT2D eigenvalue weighted by Gasteiger charge is -2.22. The molecule has 4 aromatic rings. The molecule has 0 aliphatic carbocycles. The van der Waals surface area contributed by atoms with Gasteiger partial charge in [0, 0.05) is 44.0 Å². The quantitative estimate of drug-likeness (QED) is 0.200. The third-order valence-electron chi connectivity index (χ3n) is 6.59. The molecule has 1 aromatic heterocycles. The van der Waals surface area contributed by atoms with Gasteiger partial charge in [-0.3, -0.25) is 9.89 Å². The number of hydrogen-bond acceptors (Lipinski definition) is 8. The molecule has 0 spiro atoms. The first kappa shape index (κ1) is 30.0. The highest BCUT2D eigenvalue weighted by Gasteiger charge is 2.21. The Bertz CT molecular complexity index is 1620. The average Bonchev–Trinajstić information content (AvgIpc) is 3.34. The number of anilines is 3. The number of benzene rings is 3. The van der Waals surface area contributed by atoms with Crippen LogP contribution in [0.1, 0.15) is 16.8 Å². The lowest BCUT2D eigenvalue weighted by molar-refractivity contribution is 0.102. The molecule has 3 N–H and O–H groups in total. The first-order valence-corrected chi connectivity index (χ1v) is 14.6. The fourth-order valence-electron chi connectivity index (χ4n) is 4.36. The van der Waals surface area contributed by atoms with E-state index in [1.807, 2.05) is 33.3 Å². The molecule has 0 radical (unpaired) electrons. The zero-order valence-electron chi connectivity index (χ0n) is 23.6. The number of sulfone groups is 1. The Morgan fingerprint density at radius 1 is 1.02 bits per heavy atom. The summed E-state index contributed by atoms with van der Waals surface area (Å²) in [7, 11) is 3.70. The van der Waals surface area contributed by atoms with Crippen molar-refractivity contribution in [2.45, 2.75) is 16.2 Å². The van der Waals surface area contributed by atoms with Crippen molar-refractivity contribution >= 4 is 43.8 Å². The molecule has 41 heavy (non-hydrogen) atoms. The number of nitrogens with zero attached hydrogens (tertiary/aromatic N) is 3. The summed E-state index contributed by atoms with van der Waals surface area (Å²) >= 11 is 0. The van der Waals surface area contributed by atoms with E-state index in [2.05, 4.69) is 30.6 Å². The van der Waals surface area contributed by atoms with Gasteiger partial charge in [-0.1, -0.05) is 6.07 Å². The van der Waals surface area contributed by atoms with Crippen LogP contribution in [0.2, 0.25) is 0 Å². The van der Waals surface area contributed by atoms with Crippen molar-refractivity contribution in [3.8, 4) is 0 Å². The predicted molar refractivity (Wildman–Crippen MR) is 159 cm³/mol. The lowest BCUT2D eigenvalue weighted by Crippen LogP contribution is -2.24. The molecule has 10 nitrogen and oxygen atoms in total. The van der Waals surface area contributed by atoms with E-state index in [9.17, 15) is 17.6 Å². The Labute approximate surface area is 239 Å². The van der Waals surface area contributed by atoms with Crippen molar-refractivity contribution in [3.63, 3.8) is 0 Å². The molecule has 0 unspecified atom stereocenters. The summed E-state index contributed by atoms with van der Waals surface area (Å²) in [4.78, 5) is 17.5. The SMILES string of the molecule is COCCNc1cc(N(C)CCCN(C)C)ccc1C(=O)Nc1n[nH]c2ccc(S(=O)(=O)c3cccc(F)c3)cc12. The van der Waals surface area contributed by atoms with Crippen LogP contribution in [0.4, 0.5) is 21.6 Å². The van der Waals surface area contributed by atoms with Gasteiger partial charge in [0.15, 0.2) is 5.82 Å². The minimum absolute atomic E-state index is 0.0453. The highest BCUT2D eigenvalue weighted by molar-refractivity contribution is 7.91. The third-order valence-corrected chi connectivity index (χ3v) is 8.34. The molecule has 0 fully saturated rings. The monoisotopic (exact) mass is 582 g/mol. The number of ether oxygens (including phenoxy) is 1. The second-order valence-electron chi connectivity index (χ2n) is 9.92. The van der Waals surface area contributed by atoms with E-state index in [0.717, 1.165) is 31.3 Å². The van der Waals surface area contributed by atoms with Gasteiger partial charge < -0.3 is 25.2 Å². The first-order chi connectivity index (χ1) is 19.6. The zero-order chi connectivity index (χ0) is 29.6. The van der Waals surface area contributed by atoms with Crippen LogP contribution in [0.15, 0.2) is 70.5 Å². The van der Waals surface area contributed by atoms with Gasteiger partial charge in [0.2, 0.25) is 9.84 Å². The van der Waals surface area contributed by atoms with Crippen molar-refractivity contribution in [3.05, 3.63) is 72.0 Å². The minimum Gasteiger partial charge on any atom is -0.383 e. The van der Waals surface area contributed by atoms with E-state index in [-0.39, 0.29) is 15.6 Å². The van der Waals surface area contributed by atoms with Crippen LogP contribution in [0.25, 0.3) is 10.9 Å². The maximum atomic E-state index is 13.7. The Kier molecular flexibility index (Phi) is 9.58. The Morgan fingerprint density at radius 2 is 1.80 bits per heavy atom. The predicted octanol–water partition coefficient (Wildman–Crippen LogP) is 4.23. The maximum Gasteiger partial charge on any atom is 0.258 e. The van der Waals surface area contributed by atoms with Gasteiger partial charge in [-0.2, -0.15) is 5.10 Å². The molecule has 1 amide bonds. The van der Waals surface area contributed by atoms with Crippen LogP contribution in [-0.2, 0) is 14.6 Å². The number of hydrogen-bond donors (Lipinski definition) is 3. The summed E-state index contributed by atoms with van der Waals surface area (Å²) in [5.74, 6) is -0.892. The largest absolute Gasteiger partial charge is 0.383 e. The first-order valence-electron chi connectivity index (χ1n) is 13.1. The van der Waals surface area contributed by atoms with Crippen LogP contribution in [-0.4, -0.2) is 83.9 Å². The normalized spacial score (nSPS) is 11.7. The molecule has 0 bridgehead atoms. The number of amides is 1. The number of rotatable bonds is 13. The van der Waals surface area contributed by atoms with Gasteiger partial charge in [-0.25, -0.2) is 12.8 Å². The van der Waals surface area contributed by atoms with Crippen LogP contribution >= 0.6 is 0 Å². The lowest BCUT2D eigenvalue weighted by atomic mass is 10.1. The standard InChI is InChI=1S/C29H35FN6O4S/c1-35(2)14-6-15-36(3)21-9-11-24(27(18-21)31-13-16-40-4)29(37)32-28-25-19-23(10-12-26(25)33-34-28)41(38,39)22-8-5-7-20(30)17-22/h5,7-12,17-19,31H,6,13-16H2,1-4H3,(H2,32,33,34,37). The fraction of sp³-hybridized carbons (Fsp3) is 0.310. The molecule has 0 aliphatic heterocycles. The highest BCUT2D eigenvalue weighted by Crippen LogP contribution is 2.29. The Morgan fingerprint density at radius 3 is 2.54 bits per heavy atom. The second kappa shape index (κ2) is 13.1. The minimum atomic E-state index is -4.00. The molecule has 3 aromatic carbocycles. The van der Waals surface area contributed by atoms with E-state index >= 15 is 0 Å². The van der Waals surface area contributed by atoms with Gasteiger partial charge in [-0.15, -0.1) is 0 Å². The molecule has 12 heteroatoms. The van der Waals surface area contributed by atoms with Crippen molar-refractivity contribution in [2.75, 3.05) is 70.0 Å². The van der Waals surface area contributed by atoms with Crippen molar-refractivity contribution in [2.24, 2.45) is 0 Å².